The first-order valence-electron chi connectivity index (χ1n) is 3.39. The van der Waals surface area contributed by atoms with Gasteiger partial charge in [0.05, 0.1) is 0 Å². The molecule has 0 aliphatic heterocycles. The summed E-state index contributed by atoms with van der Waals surface area (Å²) >= 11 is 0. The van der Waals surface area contributed by atoms with E-state index in [1.165, 1.54) is 18.2 Å². The van der Waals surface area contributed by atoms with Gasteiger partial charge in [-0.05, 0) is 28.8 Å². The van der Waals surface area contributed by atoms with Gasteiger partial charge in [-0.3, -0.25) is 4.79 Å². The third kappa shape index (κ3) is 2.11. The van der Waals surface area contributed by atoms with Crippen molar-refractivity contribution in [2.75, 3.05) is 11.5 Å². The van der Waals surface area contributed by atoms with Crippen LogP contribution in [0.2, 0.25) is 0 Å². The molecule has 0 aromatic heterocycles. The van der Waals surface area contributed by atoms with Crippen LogP contribution in [0.1, 0.15) is 10.4 Å². The normalized spacial score (nSPS) is 8.92. The molecule has 4 N–H and O–H groups in total. The summed E-state index contributed by atoms with van der Waals surface area (Å²) < 4.78 is 0. The lowest BCUT2D eigenvalue weighted by molar-refractivity contribution is 0.100. The maximum atomic E-state index is 11.0. The highest BCUT2D eigenvalue weighted by molar-refractivity contribution is 5.96. The summed E-state index contributed by atoms with van der Waals surface area (Å²) in [5.41, 5.74) is 19.8. The predicted octanol–water partition coefficient (Wildman–Crippen LogP) is 1.30. The number of hydrogen-bond donors (Lipinski definition) is 2. The minimum atomic E-state index is -0.693. The highest BCUT2D eigenvalue weighted by atomic mass is 16.1. The maximum absolute atomic E-state index is 11.0. The number of azide groups is 1. The average Bonchev–Trinajstić information content (AvgIpc) is 2.03. The van der Waals surface area contributed by atoms with E-state index in [4.69, 9.17) is 17.0 Å². The Morgan fingerprint density at radius 3 is 2.31 bits per heavy atom. The van der Waals surface area contributed by atoms with Crippen LogP contribution in [0.15, 0.2) is 23.3 Å². The van der Waals surface area contributed by atoms with Gasteiger partial charge in [0.1, 0.15) is 0 Å². The zero-order valence-electron chi connectivity index (χ0n) is 6.64. The minimum absolute atomic E-state index is 0.190. The second-order valence-electron chi connectivity index (χ2n) is 2.38. The van der Waals surface area contributed by atoms with Crippen molar-refractivity contribution in [2.24, 2.45) is 5.11 Å². The molecule has 6 nitrogen and oxygen atoms in total. The molecule has 1 aromatic carbocycles. The lowest BCUT2D eigenvalue weighted by atomic mass is 10.1. The van der Waals surface area contributed by atoms with Gasteiger partial charge in [-0.25, -0.2) is 0 Å². The van der Waals surface area contributed by atoms with Crippen LogP contribution < -0.4 is 11.5 Å². The van der Waals surface area contributed by atoms with Gasteiger partial charge in [0, 0.05) is 21.8 Å². The van der Waals surface area contributed by atoms with E-state index in [1.807, 2.05) is 0 Å². The largest absolute Gasteiger partial charge is 0.399 e. The zero-order valence-corrected chi connectivity index (χ0v) is 6.64. The van der Waals surface area contributed by atoms with Gasteiger partial charge in [0.25, 0.3) is 0 Å². The van der Waals surface area contributed by atoms with Gasteiger partial charge >= 0.3 is 0 Å². The van der Waals surface area contributed by atoms with E-state index < -0.39 is 5.91 Å². The summed E-state index contributed by atoms with van der Waals surface area (Å²) in [4.78, 5) is 13.4. The number of nitrogens with two attached hydrogens (primary N) is 2. The molecule has 1 rings (SSSR count). The van der Waals surface area contributed by atoms with Crippen LogP contribution in [0, 0.1) is 0 Å². The first-order chi connectivity index (χ1) is 6.13. The van der Waals surface area contributed by atoms with Crippen LogP contribution in [0.5, 0.6) is 0 Å². The third-order valence-electron chi connectivity index (χ3n) is 1.36. The van der Waals surface area contributed by atoms with Gasteiger partial charge in [-0.1, -0.05) is 0 Å². The maximum Gasteiger partial charge on any atom is 0.249 e. The highest BCUT2D eigenvalue weighted by Crippen LogP contribution is 2.14. The van der Waals surface area contributed by atoms with E-state index in [2.05, 4.69) is 10.0 Å². The Labute approximate surface area is 73.8 Å². The molecule has 13 heavy (non-hydrogen) atoms. The van der Waals surface area contributed by atoms with Crippen molar-refractivity contribution < 1.29 is 4.79 Å². The van der Waals surface area contributed by atoms with Crippen molar-refractivity contribution >= 4 is 17.3 Å². The van der Waals surface area contributed by atoms with E-state index in [0.29, 0.717) is 11.4 Å². The molecule has 0 bridgehead atoms. The quantitative estimate of drug-likeness (QED) is 0.291. The molecule has 0 saturated heterocycles. The number of carbonyl (C=O) groups is 1. The summed E-state index contributed by atoms with van der Waals surface area (Å²) in [6.07, 6.45) is 0. The van der Waals surface area contributed by atoms with E-state index in [0.717, 1.165) is 0 Å². The number of amides is 1. The molecule has 0 saturated carbocycles. The standard InChI is InChI=1S/C7H7N5O/c8-5-1-4(2-6(9)3-5)7(13)11-12-10/h1-3H,8-9H2. The van der Waals surface area contributed by atoms with Gasteiger partial charge < -0.3 is 11.5 Å². The molecule has 0 fully saturated rings. The number of hydrogen-bond acceptors (Lipinski definition) is 3. The molecule has 0 atom stereocenters. The van der Waals surface area contributed by atoms with Gasteiger partial charge in [-0.15, -0.1) is 0 Å². The highest BCUT2D eigenvalue weighted by Gasteiger charge is 2.03. The van der Waals surface area contributed by atoms with Crippen LogP contribution >= 0.6 is 0 Å². The average molecular weight is 177 g/mol. The van der Waals surface area contributed by atoms with E-state index >= 15 is 0 Å². The molecule has 0 aliphatic rings. The van der Waals surface area contributed by atoms with Crippen molar-refractivity contribution in [1.29, 1.82) is 0 Å². The van der Waals surface area contributed by atoms with E-state index in [-0.39, 0.29) is 5.56 Å². The van der Waals surface area contributed by atoms with E-state index in [1.54, 1.807) is 0 Å². The monoisotopic (exact) mass is 177 g/mol. The molecular weight excluding hydrogens is 170 g/mol. The van der Waals surface area contributed by atoms with Crippen LogP contribution in [0.3, 0.4) is 0 Å². The number of nitrogens with zero attached hydrogens (tertiary/aromatic N) is 3. The van der Waals surface area contributed by atoms with Gasteiger partial charge in [-0.2, -0.15) is 0 Å². The minimum Gasteiger partial charge on any atom is -0.399 e. The number of rotatable bonds is 1. The zero-order chi connectivity index (χ0) is 9.84. The lowest BCUT2D eigenvalue weighted by Crippen LogP contribution is -1.98. The molecule has 6 heteroatoms. The van der Waals surface area contributed by atoms with Crippen molar-refractivity contribution in [3.05, 3.63) is 34.2 Å². The smallest absolute Gasteiger partial charge is 0.249 e. The summed E-state index contributed by atoms with van der Waals surface area (Å²) in [6, 6.07) is 4.30. The molecule has 1 amide bonds. The molecule has 0 unspecified atom stereocenters. The van der Waals surface area contributed by atoms with Gasteiger partial charge in [0.2, 0.25) is 5.91 Å². The Morgan fingerprint density at radius 2 is 1.85 bits per heavy atom. The summed E-state index contributed by atoms with van der Waals surface area (Å²) in [6.45, 7) is 0. The first-order valence-corrected chi connectivity index (χ1v) is 3.39. The number of nitrogen functional groups attached to an aromatic ring is 2. The number of anilines is 2. The summed E-state index contributed by atoms with van der Waals surface area (Å²) in [7, 11) is 0. The van der Waals surface area contributed by atoms with Crippen LogP contribution in [-0.4, -0.2) is 5.91 Å². The SMILES string of the molecule is [N-]=[N+]=NC(=O)c1cc(N)cc(N)c1. The third-order valence-corrected chi connectivity index (χ3v) is 1.36. The molecule has 0 aliphatic carbocycles. The van der Waals surface area contributed by atoms with Crippen molar-refractivity contribution in [1.82, 2.24) is 0 Å². The van der Waals surface area contributed by atoms with E-state index in [9.17, 15) is 4.79 Å². The molecule has 66 valence electrons. The molecular formula is C7H7N5O. The molecule has 0 radical (unpaired) electrons. The molecule has 0 heterocycles. The fourth-order valence-electron chi connectivity index (χ4n) is 0.898. The fourth-order valence-corrected chi connectivity index (χ4v) is 0.898. The lowest BCUT2D eigenvalue weighted by Gasteiger charge is -1.99. The molecule has 1 aromatic rings. The van der Waals surface area contributed by atoms with Crippen molar-refractivity contribution in [3.8, 4) is 0 Å². The van der Waals surface area contributed by atoms with Crippen LogP contribution in [0.4, 0.5) is 11.4 Å². The molecule has 0 spiro atoms. The Morgan fingerprint density at radius 1 is 1.31 bits per heavy atom. The Balaban J connectivity index is 3.15. The van der Waals surface area contributed by atoms with Gasteiger partial charge in [0.15, 0.2) is 0 Å². The Bertz CT molecular complexity index is 374. The second kappa shape index (κ2) is 3.46. The van der Waals surface area contributed by atoms with Crippen LogP contribution in [-0.2, 0) is 0 Å². The summed E-state index contributed by atoms with van der Waals surface area (Å²) in [5, 5.41) is 2.91. The number of carbonyl (C=O) groups excluding carboxylic acids is 1. The Kier molecular flexibility index (Phi) is 2.37. The first kappa shape index (κ1) is 8.89. The second-order valence-corrected chi connectivity index (χ2v) is 2.38. The number of benzene rings is 1. The fraction of sp³-hybridized carbons (Fsp3) is 0. The van der Waals surface area contributed by atoms with Crippen molar-refractivity contribution in [2.45, 2.75) is 0 Å². The Hall–Kier alpha value is -2.20. The van der Waals surface area contributed by atoms with Crippen molar-refractivity contribution in [3.63, 3.8) is 0 Å². The topological polar surface area (TPSA) is 118 Å². The van der Waals surface area contributed by atoms with Crippen LogP contribution in [0.25, 0.3) is 10.4 Å². The summed E-state index contributed by atoms with van der Waals surface area (Å²) in [5.74, 6) is -0.693. The predicted molar refractivity (Wildman–Crippen MR) is 48.7 cm³/mol.